The van der Waals surface area contributed by atoms with E-state index in [2.05, 4.69) is 91.9 Å². The maximum atomic E-state index is 6.31. The van der Waals surface area contributed by atoms with Crippen molar-refractivity contribution in [1.82, 2.24) is 0 Å². The number of fused-ring (bicyclic) bond motifs is 3. The molecular formula is C31H25NO. The Morgan fingerprint density at radius 1 is 0.758 bits per heavy atom. The van der Waals surface area contributed by atoms with Gasteiger partial charge in [0.25, 0.3) is 0 Å². The highest BCUT2D eigenvalue weighted by Gasteiger charge is 2.13. The van der Waals surface area contributed by atoms with Crippen LogP contribution in [0.1, 0.15) is 11.1 Å². The first-order valence-electron chi connectivity index (χ1n) is 11.0. The summed E-state index contributed by atoms with van der Waals surface area (Å²) in [7, 11) is 0. The molecule has 1 aromatic heterocycles. The maximum absolute atomic E-state index is 6.31. The van der Waals surface area contributed by atoms with Gasteiger partial charge in [-0.2, -0.15) is 0 Å². The third kappa shape index (κ3) is 4.11. The van der Waals surface area contributed by atoms with Crippen molar-refractivity contribution in [1.29, 1.82) is 0 Å². The molecule has 0 radical (unpaired) electrons. The smallest absolute Gasteiger partial charge is 0.143 e. The van der Waals surface area contributed by atoms with Crippen molar-refractivity contribution in [2.45, 2.75) is 6.92 Å². The fourth-order valence-corrected chi connectivity index (χ4v) is 4.06. The van der Waals surface area contributed by atoms with Crippen LogP contribution in [0.5, 0.6) is 0 Å². The van der Waals surface area contributed by atoms with Crippen LogP contribution in [0.25, 0.3) is 27.5 Å². The molecule has 0 bridgehead atoms. The fourth-order valence-electron chi connectivity index (χ4n) is 4.06. The topological polar surface area (TPSA) is 16.4 Å². The number of aryl methyl sites for hydroxylation is 1. The molecule has 0 spiro atoms. The summed E-state index contributed by atoms with van der Waals surface area (Å²) < 4.78 is 6.31. The van der Waals surface area contributed by atoms with E-state index in [1.54, 1.807) is 0 Å². The average molecular weight is 428 g/mol. The van der Waals surface area contributed by atoms with Gasteiger partial charge in [0.15, 0.2) is 0 Å². The van der Waals surface area contributed by atoms with Gasteiger partial charge < -0.3 is 9.32 Å². The van der Waals surface area contributed by atoms with E-state index in [4.69, 9.17) is 4.42 Å². The first kappa shape index (κ1) is 20.6. The number of anilines is 1. The van der Waals surface area contributed by atoms with Crippen molar-refractivity contribution in [3.05, 3.63) is 145 Å². The minimum absolute atomic E-state index is 0.858. The molecular weight excluding hydrogens is 402 g/mol. The van der Waals surface area contributed by atoms with E-state index >= 15 is 0 Å². The highest BCUT2D eigenvalue weighted by molar-refractivity contribution is 6.08. The summed E-state index contributed by atoms with van der Waals surface area (Å²) in [5.74, 6) is 0. The number of benzene rings is 3. The van der Waals surface area contributed by atoms with Gasteiger partial charge in [-0.15, -0.1) is 0 Å². The molecule has 2 heterocycles. The number of rotatable bonds is 2. The van der Waals surface area contributed by atoms with E-state index in [0.717, 1.165) is 49.9 Å². The number of hydrogen-bond acceptors (Lipinski definition) is 2. The Morgan fingerprint density at radius 2 is 1.58 bits per heavy atom. The van der Waals surface area contributed by atoms with Crippen LogP contribution in [0.2, 0.25) is 0 Å². The van der Waals surface area contributed by atoms with E-state index in [0.29, 0.717) is 0 Å². The van der Waals surface area contributed by atoms with Crippen LogP contribution >= 0.6 is 0 Å². The van der Waals surface area contributed by atoms with Gasteiger partial charge >= 0.3 is 0 Å². The number of para-hydroxylation sites is 2. The molecule has 0 saturated carbocycles. The predicted octanol–water partition coefficient (Wildman–Crippen LogP) is 8.49. The van der Waals surface area contributed by atoms with Gasteiger partial charge in [0.1, 0.15) is 11.2 Å². The monoisotopic (exact) mass is 427 g/mol. The highest BCUT2D eigenvalue weighted by Crippen LogP contribution is 2.35. The summed E-state index contributed by atoms with van der Waals surface area (Å²) in [4.78, 5) is 2.11. The zero-order valence-electron chi connectivity index (χ0n) is 18.7. The lowest BCUT2D eigenvalue weighted by molar-refractivity contribution is 0.668. The van der Waals surface area contributed by atoms with Gasteiger partial charge in [-0.1, -0.05) is 73.8 Å². The summed E-state index contributed by atoms with van der Waals surface area (Å²) >= 11 is 0. The second kappa shape index (κ2) is 8.68. The zero-order valence-corrected chi connectivity index (χ0v) is 18.7. The molecule has 0 atom stereocenters. The SMILES string of the molecule is C=C1/C=C\C=C/N(c2cccc(C)c2)/C=C\C(c2cccc3c2oc2ccccc23)=C/C1=C. The molecule has 33 heavy (non-hydrogen) atoms. The van der Waals surface area contributed by atoms with E-state index in [1.807, 2.05) is 42.6 Å². The Bertz CT molecular complexity index is 1510. The third-order valence-corrected chi connectivity index (χ3v) is 5.83. The van der Waals surface area contributed by atoms with Crippen LogP contribution in [-0.2, 0) is 0 Å². The summed E-state index contributed by atoms with van der Waals surface area (Å²) in [6.45, 7) is 10.5. The third-order valence-electron chi connectivity index (χ3n) is 5.83. The molecule has 0 N–H and O–H groups in total. The fraction of sp³-hybridized carbons (Fsp3) is 0.0323. The van der Waals surface area contributed by atoms with E-state index in [1.165, 1.54) is 5.56 Å². The minimum Gasteiger partial charge on any atom is -0.455 e. The van der Waals surface area contributed by atoms with E-state index in [-0.39, 0.29) is 0 Å². The summed E-state index contributed by atoms with van der Waals surface area (Å²) in [5.41, 5.74) is 7.81. The molecule has 0 saturated heterocycles. The lowest BCUT2D eigenvalue weighted by atomic mass is 9.98. The lowest BCUT2D eigenvalue weighted by Gasteiger charge is -2.16. The molecule has 2 heteroatoms. The molecule has 5 rings (SSSR count). The summed E-state index contributed by atoms with van der Waals surface area (Å²) in [5, 5.41) is 2.22. The molecule has 0 amide bonds. The quantitative estimate of drug-likeness (QED) is 0.319. The van der Waals surface area contributed by atoms with Crippen LogP contribution in [0, 0.1) is 6.92 Å². The largest absolute Gasteiger partial charge is 0.455 e. The molecule has 2 nitrogen and oxygen atoms in total. The van der Waals surface area contributed by atoms with Crippen molar-refractivity contribution in [2.75, 3.05) is 4.90 Å². The Labute approximate surface area is 194 Å². The normalized spacial score (nSPS) is 19.2. The molecule has 1 aliphatic heterocycles. The number of furan rings is 1. The Hall–Kier alpha value is -4.30. The average Bonchev–Trinajstić information content (AvgIpc) is 3.20. The Morgan fingerprint density at radius 3 is 2.45 bits per heavy atom. The molecule has 0 unspecified atom stereocenters. The van der Waals surface area contributed by atoms with Crippen molar-refractivity contribution in [3.8, 4) is 0 Å². The van der Waals surface area contributed by atoms with Crippen LogP contribution in [0.15, 0.2) is 138 Å². The van der Waals surface area contributed by atoms with Gasteiger partial charge in [-0.25, -0.2) is 0 Å². The van der Waals surface area contributed by atoms with Crippen molar-refractivity contribution >= 4 is 33.2 Å². The number of hydrogen-bond donors (Lipinski definition) is 0. The Kier molecular flexibility index (Phi) is 5.42. The van der Waals surface area contributed by atoms with Gasteiger partial charge in [-0.3, -0.25) is 0 Å². The first-order chi connectivity index (χ1) is 16.1. The lowest BCUT2D eigenvalue weighted by Crippen LogP contribution is -2.06. The summed E-state index contributed by atoms with van der Waals surface area (Å²) in [6, 6.07) is 22.9. The molecule has 3 aromatic carbocycles. The standard InChI is InChI=1S/C31H25NO/c1-22-10-8-12-26(20-22)32-18-7-6-11-23(2)24(3)21-25(17-19-32)27-14-9-15-29-28-13-4-5-16-30(28)33-31(27)29/h4-21H,2-3H2,1H3/b11-6-,18-7-,19-17-,25-21+. The van der Waals surface area contributed by atoms with Crippen LogP contribution in [0.4, 0.5) is 5.69 Å². The van der Waals surface area contributed by atoms with E-state index < -0.39 is 0 Å². The minimum atomic E-state index is 0.858. The van der Waals surface area contributed by atoms with Crippen molar-refractivity contribution < 1.29 is 4.42 Å². The van der Waals surface area contributed by atoms with Crippen molar-refractivity contribution in [2.24, 2.45) is 0 Å². The number of nitrogens with zero attached hydrogens (tertiary/aromatic N) is 1. The van der Waals surface area contributed by atoms with Crippen LogP contribution in [0.3, 0.4) is 0 Å². The van der Waals surface area contributed by atoms with Gasteiger partial charge in [-0.05, 0) is 65.6 Å². The number of allylic oxidation sites excluding steroid dienone is 8. The second-order valence-electron chi connectivity index (χ2n) is 8.19. The van der Waals surface area contributed by atoms with Gasteiger partial charge in [0.05, 0.1) is 0 Å². The predicted molar refractivity (Wildman–Crippen MR) is 141 cm³/mol. The molecule has 1 aliphatic rings. The van der Waals surface area contributed by atoms with Crippen molar-refractivity contribution in [3.63, 3.8) is 0 Å². The zero-order chi connectivity index (χ0) is 22.8. The second-order valence-corrected chi connectivity index (χ2v) is 8.19. The molecule has 160 valence electrons. The Balaban J connectivity index is 1.69. The highest BCUT2D eigenvalue weighted by atomic mass is 16.3. The van der Waals surface area contributed by atoms with Gasteiger partial charge in [0, 0.05) is 34.4 Å². The van der Waals surface area contributed by atoms with E-state index in [9.17, 15) is 0 Å². The maximum Gasteiger partial charge on any atom is 0.143 e. The van der Waals surface area contributed by atoms with Gasteiger partial charge in [0.2, 0.25) is 0 Å². The molecule has 4 aromatic rings. The van der Waals surface area contributed by atoms with Crippen LogP contribution in [-0.4, -0.2) is 0 Å². The first-order valence-corrected chi connectivity index (χ1v) is 11.0. The van der Waals surface area contributed by atoms with Crippen LogP contribution < -0.4 is 4.90 Å². The summed E-state index contributed by atoms with van der Waals surface area (Å²) in [6.07, 6.45) is 14.3. The molecule has 0 fully saturated rings. The molecule has 0 aliphatic carbocycles.